The van der Waals surface area contributed by atoms with E-state index in [0.717, 1.165) is 29.7 Å². The smallest absolute Gasteiger partial charge is 0.0896 e. The van der Waals surface area contributed by atoms with Crippen LogP contribution in [0.3, 0.4) is 0 Å². The number of fused-ring (bicyclic) bond motifs is 1. The van der Waals surface area contributed by atoms with E-state index in [4.69, 9.17) is 0 Å². The Morgan fingerprint density at radius 1 is 1.25 bits per heavy atom. The third-order valence-electron chi connectivity index (χ3n) is 3.42. The molecule has 0 aliphatic rings. The van der Waals surface area contributed by atoms with Crippen LogP contribution in [0.15, 0.2) is 37.1 Å². The third kappa shape index (κ3) is 2.18. The standard InChI is InChI=1S/C14H18N6/c1-3-5-16-14(12-4-6-17-19(12)2)11-9-18-20-8-7-15-10-13(11)20/h4,6-10,14,16H,3,5H2,1-2H3. The van der Waals surface area contributed by atoms with Gasteiger partial charge in [-0.05, 0) is 19.0 Å². The second-order valence-electron chi connectivity index (χ2n) is 4.77. The van der Waals surface area contributed by atoms with E-state index in [-0.39, 0.29) is 6.04 Å². The predicted molar refractivity (Wildman–Crippen MR) is 76.3 cm³/mol. The highest BCUT2D eigenvalue weighted by Crippen LogP contribution is 2.24. The molecule has 1 unspecified atom stereocenters. The monoisotopic (exact) mass is 270 g/mol. The maximum Gasteiger partial charge on any atom is 0.0896 e. The molecule has 0 saturated carbocycles. The average Bonchev–Trinajstić information content (AvgIpc) is 3.07. The second-order valence-corrected chi connectivity index (χ2v) is 4.77. The number of aryl methyl sites for hydroxylation is 1. The SMILES string of the molecule is CCCNC(c1cnn2ccncc12)c1ccnn1C. The maximum absolute atomic E-state index is 4.39. The van der Waals surface area contributed by atoms with Gasteiger partial charge < -0.3 is 5.32 Å². The lowest BCUT2D eigenvalue weighted by atomic mass is 10.1. The summed E-state index contributed by atoms with van der Waals surface area (Å²) >= 11 is 0. The quantitative estimate of drug-likeness (QED) is 0.764. The van der Waals surface area contributed by atoms with Crippen molar-refractivity contribution in [3.8, 4) is 0 Å². The maximum atomic E-state index is 4.39. The summed E-state index contributed by atoms with van der Waals surface area (Å²) in [5.41, 5.74) is 3.26. The van der Waals surface area contributed by atoms with Crippen LogP contribution in [-0.4, -0.2) is 30.9 Å². The van der Waals surface area contributed by atoms with Gasteiger partial charge in [-0.25, -0.2) is 4.52 Å². The Morgan fingerprint density at radius 3 is 2.90 bits per heavy atom. The van der Waals surface area contributed by atoms with Crippen LogP contribution in [0.2, 0.25) is 0 Å². The number of hydrogen-bond donors (Lipinski definition) is 1. The zero-order valence-electron chi connectivity index (χ0n) is 11.7. The van der Waals surface area contributed by atoms with Crippen molar-refractivity contribution < 1.29 is 0 Å². The van der Waals surface area contributed by atoms with Crippen LogP contribution >= 0.6 is 0 Å². The van der Waals surface area contributed by atoms with Gasteiger partial charge in [-0.3, -0.25) is 9.67 Å². The van der Waals surface area contributed by atoms with Crippen molar-refractivity contribution in [2.75, 3.05) is 6.54 Å². The number of nitrogens with zero attached hydrogens (tertiary/aromatic N) is 5. The molecule has 1 atom stereocenters. The van der Waals surface area contributed by atoms with Crippen molar-refractivity contribution in [1.29, 1.82) is 0 Å². The molecular formula is C14H18N6. The number of nitrogens with one attached hydrogen (secondary N) is 1. The molecule has 0 saturated heterocycles. The van der Waals surface area contributed by atoms with Gasteiger partial charge in [0.15, 0.2) is 0 Å². The molecule has 0 spiro atoms. The van der Waals surface area contributed by atoms with E-state index in [9.17, 15) is 0 Å². The molecule has 0 fully saturated rings. The summed E-state index contributed by atoms with van der Waals surface area (Å²) in [6.07, 6.45) is 10.2. The summed E-state index contributed by atoms with van der Waals surface area (Å²) in [6.45, 7) is 3.10. The zero-order chi connectivity index (χ0) is 13.9. The fraction of sp³-hybridized carbons (Fsp3) is 0.357. The Kier molecular flexibility index (Phi) is 3.47. The fourth-order valence-electron chi connectivity index (χ4n) is 2.40. The molecule has 6 heteroatoms. The van der Waals surface area contributed by atoms with Gasteiger partial charge in [0.2, 0.25) is 0 Å². The molecule has 1 N–H and O–H groups in total. The molecule has 0 bridgehead atoms. The summed E-state index contributed by atoms with van der Waals surface area (Å²) in [6, 6.07) is 2.11. The molecule has 104 valence electrons. The second kappa shape index (κ2) is 5.42. The molecule has 3 heterocycles. The molecule has 0 aliphatic heterocycles. The van der Waals surface area contributed by atoms with Crippen molar-refractivity contribution in [1.82, 2.24) is 29.7 Å². The van der Waals surface area contributed by atoms with Gasteiger partial charge in [0, 0.05) is 31.2 Å². The van der Waals surface area contributed by atoms with E-state index in [1.807, 2.05) is 47.1 Å². The molecule has 0 aliphatic carbocycles. The fourth-order valence-corrected chi connectivity index (χ4v) is 2.40. The van der Waals surface area contributed by atoms with Crippen molar-refractivity contribution in [2.45, 2.75) is 19.4 Å². The Balaban J connectivity index is 2.07. The van der Waals surface area contributed by atoms with E-state index < -0.39 is 0 Å². The molecule has 0 aromatic carbocycles. The van der Waals surface area contributed by atoms with Crippen LogP contribution in [0, 0.1) is 0 Å². The first kappa shape index (κ1) is 12.8. The molecule has 6 nitrogen and oxygen atoms in total. The Morgan fingerprint density at radius 2 is 2.15 bits per heavy atom. The summed E-state index contributed by atoms with van der Waals surface area (Å²) in [5.74, 6) is 0. The van der Waals surface area contributed by atoms with Crippen LogP contribution in [0.4, 0.5) is 0 Å². The van der Waals surface area contributed by atoms with Gasteiger partial charge in [-0.1, -0.05) is 6.92 Å². The Bertz CT molecular complexity index is 698. The lowest BCUT2D eigenvalue weighted by Crippen LogP contribution is -2.25. The van der Waals surface area contributed by atoms with Gasteiger partial charge in [-0.15, -0.1) is 0 Å². The normalized spacial score (nSPS) is 12.9. The molecular weight excluding hydrogens is 252 g/mol. The van der Waals surface area contributed by atoms with E-state index in [2.05, 4.69) is 27.4 Å². The summed E-state index contributed by atoms with van der Waals surface area (Å²) in [4.78, 5) is 4.20. The molecule has 3 aromatic rings. The van der Waals surface area contributed by atoms with E-state index in [0.29, 0.717) is 0 Å². The minimum Gasteiger partial charge on any atom is -0.305 e. The minimum absolute atomic E-state index is 0.0733. The number of hydrogen-bond acceptors (Lipinski definition) is 4. The van der Waals surface area contributed by atoms with Gasteiger partial charge in [0.25, 0.3) is 0 Å². The minimum atomic E-state index is 0.0733. The topological polar surface area (TPSA) is 60.0 Å². The van der Waals surface area contributed by atoms with Crippen molar-refractivity contribution in [3.63, 3.8) is 0 Å². The molecule has 0 amide bonds. The first-order valence-corrected chi connectivity index (χ1v) is 6.79. The highest BCUT2D eigenvalue weighted by atomic mass is 15.3. The van der Waals surface area contributed by atoms with Crippen molar-refractivity contribution in [3.05, 3.63) is 48.3 Å². The van der Waals surface area contributed by atoms with Gasteiger partial charge >= 0.3 is 0 Å². The van der Waals surface area contributed by atoms with Crippen LogP contribution in [0.25, 0.3) is 5.52 Å². The molecule has 3 rings (SSSR count). The third-order valence-corrected chi connectivity index (χ3v) is 3.42. The van der Waals surface area contributed by atoms with E-state index >= 15 is 0 Å². The zero-order valence-corrected chi connectivity index (χ0v) is 11.7. The van der Waals surface area contributed by atoms with Gasteiger partial charge in [0.05, 0.1) is 29.6 Å². The van der Waals surface area contributed by atoms with Crippen LogP contribution in [0.5, 0.6) is 0 Å². The summed E-state index contributed by atoms with van der Waals surface area (Å²) < 4.78 is 3.74. The predicted octanol–water partition coefficient (Wildman–Crippen LogP) is 1.55. The Hall–Kier alpha value is -2.21. The molecule has 20 heavy (non-hydrogen) atoms. The van der Waals surface area contributed by atoms with E-state index in [1.54, 1.807) is 6.20 Å². The van der Waals surface area contributed by atoms with Crippen LogP contribution in [0.1, 0.15) is 30.6 Å². The Labute approximate surface area is 117 Å². The lowest BCUT2D eigenvalue weighted by molar-refractivity contribution is 0.556. The van der Waals surface area contributed by atoms with Crippen molar-refractivity contribution >= 4 is 5.52 Å². The highest BCUT2D eigenvalue weighted by Gasteiger charge is 2.20. The largest absolute Gasteiger partial charge is 0.305 e. The molecule has 3 aromatic heterocycles. The van der Waals surface area contributed by atoms with Crippen LogP contribution in [-0.2, 0) is 7.05 Å². The number of rotatable bonds is 5. The lowest BCUT2D eigenvalue weighted by Gasteiger charge is -2.18. The highest BCUT2D eigenvalue weighted by molar-refractivity contribution is 5.55. The average molecular weight is 270 g/mol. The number of aromatic nitrogens is 5. The van der Waals surface area contributed by atoms with Crippen molar-refractivity contribution in [2.24, 2.45) is 7.05 Å². The molecule has 0 radical (unpaired) electrons. The first-order valence-electron chi connectivity index (χ1n) is 6.79. The summed E-state index contributed by atoms with van der Waals surface area (Å²) in [7, 11) is 1.96. The van der Waals surface area contributed by atoms with Crippen LogP contribution < -0.4 is 5.32 Å². The first-order chi connectivity index (χ1) is 9.81. The van der Waals surface area contributed by atoms with Gasteiger partial charge in [-0.2, -0.15) is 10.2 Å². The summed E-state index contributed by atoms with van der Waals surface area (Å²) in [5, 5.41) is 12.2. The van der Waals surface area contributed by atoms with E-state index in [1.165, 1.54) is 0 Å². The van der Waals surface area contributed by atoms with Gasteiger partial charge in [0.1, 0.15) is 0 Å².